The number of ether oxygens (including phenoxy) is 1. The third-order valence-electron chi connectivity index (χ3n) is 2.27. The van der Waals surface area contributed by atoms with E-state index >= 15 is 0 Å². The van der Waals surface area contributed by atoms with E-state index in [4.69, 9.17) is 16.3 Å². The summed E-state index contributed by atoms with van der Waals surface area (Å²) in [5.74, 6) is 0.816. The highest BCUT2D eigenvalue weighted by Crippen LogP contribution is 2.21. The molecule has 0 bridgehead atoms. The molecule has 3 nitrogen and oxygen atoms in total. The smallest absolute Gasteiger partial charge is 0.182 e. The maximum atomic E-state index is 5.81. The molecule has 0 aliphatic rings. The molecule has 2 aromatic rings. The number of hydrogen-bond acceptors (Lipinski definition) is 4. The second kappa shape index (κ2) is 6.61. The van der Waals surface area contributed by atoms with Crippen molar-refractivity contribution in [2.24, 2.45) is 0 Å². The molecular formula is C13H15ClN2OS. The second-order valence-electron chi connectivity index (χ2n) is 3.80. The molecule has 18 heavy (non-hydrogen) atoms. The van der Waals surface area contributed by atoms with Crippen LogP contribution in [0.15, 0.2) is 30.5 Å². The summed E-state index contributed by atoms with van der Waals surface area (Å²) in [6.45, 7) is 3.61. The third kappa shape index (κ3) is 3.89. The predicted molar refractivity (Wildman–Crippen MR) is 76.7 cm³/mol. The van der Waals surface area contributed by atoms with Crippen LogP contribution >= 0.6 is 22.9 Å². The van der Waals surface area contributed by atoms with Gasteiger partial charge in [-0.2, -0.15) is 0 Å². The van der Waals surface area contributed by atoms with Crippen molar-refractivity contribution in [1.29, 1.82) is 0 Å². The zero-order valence-electron chi connectivity index (χ0n) is 10.1. The van der Waals surface area contributed by atoms with Crippen LogP contribution in [0.2, 0.25) is 5.02 Å². The summed E-state index contributed by atoms with van der Waals surface area (Å²) < 4.78 is 5.65. The van der Waals surface area contributed by atoms with Crippen LogP contribution in [0.25, 0.3) is 0 Å². The van der Waals surface area contributed by atoms with Crippen molar-refractivity contribution in [2.45, 2.75) is 20.0 Å². The highest BCUT2D eigenvalue weighted by atomic mass is 35.5. The maximum absolute atomic E-state index is 5.81. The summed E-state index contributed by atoms with van der Waals surface area (Å²) in [5, 5.41) is 4.92. The Morgan fingerprint density at radius 3 is 2.83 bits per heavy atom. The molecule has 0 spiro atoms. The Hall–Kier alpha value is -1.26. The molecule has 0 amide bonds. The van der Waals surface area contributed by atoms with E-state index in [0.717, 1.165) is 28.7 Å². The minimum Gasteiger partial charge on any atom is -0.488 e. The summed E-state index contributed by atoms with van der Waals surface area (Å²) in [4.78, 5) is 5.39. The Balaban J connectivity index is 1.86. The molecule has 0 aliphatic heterocycles. The number of nitrogens with one attached hydrogen (secondary N) is 1. The first-order valence-corrected chi connectivity index (χ1v) is 7.04. The fourth-order valence-electron chi connectivity index (χ4n) is 1.37. The molecule has 1 N–H and O–H groups in total. The monoisotopic (exact) mass is 282 g/mol. The quantitative estimate of drug-likeness (QED) is 0.862. The average Bonchev–Trinajstić information content (AvgIpc) is 2.84. The van der Waals surface area contributed by atoms with Gasteiger partial charge in [-0.1, -0.05) is 29.9 Å². The lowest BCUT2D eigenvalue weighted by molar-refractivity contribution is 0.309. The Bertz CT molecular complexity index is 484. The number of thiazole rings is 1. The fraction of sp³-hybridized carbons (Fsp3) is 0.308. The van der Waals surface area contributed by atoms with Crippen molar-refractivity contribution in [1.82, 2.24) is 4.98 Å². The van der Waals surface area contributed by atoms with Crippen LogP contribution in [0.4, 0.5) is 5.13 Å². The number of benzene rings is 1. The first-order valence-electron chi connectivity index (χ1n) is 5.85. The van der Waals surface area contributed by atoms with Gasteiger partial charge in [-0.25, -0.2) is 4.98 Å². The number of anilines is 1. The Morgan fingerprint density at radius 2 is 2.11 bits per heavy atom. The molecule has 0 radical (unpaired) electrons. The Labute approximate surface area is 116 Å². The van der Waals surface area contributed by atoms with Crippen LogP contribution < -0.4 is 10.1 Å². The van der Waals surface area contributed by atoms with Gasteiger partial charge in [0.25, 0.3) is 0 Å². The van der Waals surface area contributed by atoms with Gasteiger partial charge in [0.1, 0.15) is 12.4 Å². The molecular weight excluding hydrogens is 268 g/mol. The van der Waals surface area contributed by atoms with Gasteiger partial charge in [0.05, 0.1) is 4.88 Å². The molecule has 1 heterocycles. The first kappa shape index (κ1) is 13.2. The molecule has 0 saturated heterocycles. The van der Waals surface area contributed by atoms with E-state index in [0.29, 0.717) is 11.6 Å². The van der Waals surface area contributed by atoms with Gasteiger partial charge in [0, 0.05) is 17.8 Å². The number of halogens is 1. The summed E-state index contributed by atoms with van der Waals surface area (Å²) in [5.41, 5.74) is 0. The Morgan fingerprint density at radius 1 is 1.33 bits per heavy atom. The van der Waals surface area contributed by atoms with E-state index < -0.39 is 0 Å². The molecule has 1 aromatic carbocycles. The number of rotatable bonds is 6. The molecule has 0 aliphatic carbocycles. The summed E-state index contributed by atoms with van der Waals surface area (Å²) >= 11 is 7.43. The lowest BCUT2D eigenvalue weighted by Gasteiger charge is -2.03. The van der Waals surface area contributed by atoms with Crippen LogP contribution in [-0.4, -0.2) is 11.5 Å². The molecule has 2 rings (SSSR count). The Kier molecular flexibility index (Phi) is 4.84. The van der Waals surface area contributed by atoms with E-state index in [9.17, 15) is 0 Å². The molecule has 5 heteroatoms. The molecule has 0 fully saturated rings. The van der Waals surface area contributed by atoms with Gasteiger partial charge in [0.2, 0.25) is 0 Å². The fourth-order valence-corrected chi connectivity index (χ4v) is 2.25. The second-order valence-corrected chi connectivity index (χ2v) is 5.35. The largest absolute Gasteiger partial charge is 0.488 e. The van der Waals surface area contributed by atoms with E-state index in [1.807, 2.05) is 30.5 Å². The van der Waals surface area contributed by atoms with Crippen molar-refractivity contribution in [3.8, 4) is 5.75 Å². The van der Waals surface area contributed by atoms with E-state index in [2.05, 4.69) is 17.2 Å². The standard InChI is InChI=1S/C13H15ClN2OS/c1-2-7-15-13-16-8-12(18-13)9-17-11-5-3-10(14)4-6-11/h3-6,8H,2,7,9H2,1H3,(H,15,16). The van der Waals surface area contributed by atoms with E-state index in [-0.39, 0.29) is 0 Å². The van der Waals surface area contributed by atoms with E-state index in [1.165, 1.54) is 0 Å². The average molecular weight is 283 g/mol. The summed E-state index contributed by atoms with van der Waals surface area (Å²) in [6, 6.07) is 7.36. The van der Waals surface area contributed by atoms with Crippen LogP contribution in [0.1, 0.15) is 18.2 Å². The minimum atomic E-state index is 0.535. The van der Waals surface area contributed by atoms with Gasteiger partial charge in [0.15, 0.2) is 5.13 Å². The van der Waals surface area contributed by atoms with Gasteiger partial charge in [-0.3, -0.25) is 0 Å². The van der Waals surface area contributed by atoms with Crippen LogP contribution in [-0.2, 0) is 6.61 Å². The normalized spacial score (nSPS) is 10.3. The molecule has 96 valence electrons. The number of aromatic nitrogens is 1. The van der Waals surface area contributed by atoms with Crippen molar-refractivity contribution < 1.29 is 4.74 Å². The van der Waals surface area contributed by atoms with Crippen LogP contribution in [0.3, 0.4) is 0 Å². The van der Waals surface area contributed by atoms with Gasteiger partial charge in [-0.05, 0) is 30.7 Å². The molecule has 0 saturated carbocycles. The maximum Gasteiger partial charge on any atom is 0.182 e. The number of nitrogens with zero attached hydrogens (tertiary/aromatic N) is 1. The van der Waals surface area contributed by atoms with Crippen molar-refractivity contribution in [3.05, 3.63) is 40.4 Å². The highest BCUT2D eigenvalue weighted by molar-refractivity contribution is 7.15. The minimum absolute atomic E-state index is 0.535. The highest BCUT2D eigenvalue weighted by Gasteiger charge is 2.02. The topological polar surface area (TPSA) is 34.2 Å². The molecule has 1 aromatic heterocycles. The van der Waals surface area contributed by atoms with E-state index in [1.54, 1.807) is 11.3 Å². The van der Waals surface area contributed by atoms with Crippen molar-refractivity contribution in [3.63, 3.8) is 0 Å². The predicted octanol–water partition coefficient (Wildman–Crippen LogP) is 4.20. The molecule has 0 atom stereocenters. The molecule has 0 unspecified atom stereocenters. The van der Waals surface area contributed by atoms with Gasteiger partial charge in [-0.15, -0.1) is 0 Å². The third-order valence-corrected chi connectivity index (χ3v) is 3.46. The zero-order chi connectivity index (χ0) is 12.8. The van der Waals surface area contributed by atoms with Crippen LogP contribution in [0, 0.1) is 0 Å². The van der Waals surface area contributed by atoms with Crippen molar-refractivity contribution in [2.75, 3.05) is 11.9 Å². The van der Waals surface area contributed by atoms with Crippen LogP contribution in [0.5, 0.6) is 5.75 Å². The van der Waals surface area contributed by atoms with Gasteiger partial charge < -0.3 is 10.1 Å². The summed E-state index contributed by atoms with van der Waals surface area (Å²) in [6.07, 6.45) is 2.94. The first-order chi connectivity index (χ1) is 8.78. The SMILES string of the molecule is CCCNc1ncc(COc2ccc(Cl)cc2)s1. The number of hydrogen-bond donors (Lipinski definition) is 1. The van der Waals surface area contributed by atoms with Crippen molar-refractivity contribution >= 4 is 28.1 Å². The zero-order valence-corrected chi connectivity index (χ0v) is 11.7. The summed E-state index contributed by atoms with van der Waals surface area (Å²) in [7, 11) is 0. The van der Waals surface area contributed by atoms with Gasteiger partial charge >= 0.3 is 0 Å². The lowest BCUT2D eigenvalue weighted by Crippen LogP contribution is -1.97. The lowest BCUT2D eigenvalue weighted by atomic mass is 10.3.